The second-order valence-electron chi connectivity index (χ2n) is 6.88. The lowest BCUT2D eigenvalue weighted by Gasteiger charge is -2.36. The van der Waals surface area contributed by atoms with E-state index in [2.05, 4.69) is 9.62 Å². The third kappa shape index (κ3) is 5.73. The third-order valence-corrected chi connectivity index (χ3v) is 6.18. The van der Waals surface area contributed by atoms with E-state index >= 15 is 0 Å². The zero-order chi connectivity index (χ0) is 20.0. The predicted molar refractivity (Wildman–Crippen MR) is 107 cm³/mol. The van der Waals surface area contributed by atoms with Gasteiger partial charge < -0.3 is 4.90 Å². The molecule has 28 heavy (non-hydrogen) atoms. The molecule has 0 spiro atoms. The van der Waals surface area contributed by atoms with Gasteiger partial charge in [0.25, 0.3) is 0 Å². The lowest BCUT2D eigenvalue weighted by molar-refractivity contribution is 0.255. The maximum atomic E-state index is 13.9. The molecular formula is C20H25F2N3O2S. The van der Waals surface area contributed by atoms with Crippen molar-refractivity contribution in [1.29, 1.82) is 0 Å². The van der Waals surface area contributed by atoms with Crippen LogP contribution in [0, 0.1) is 11.6 Å². The van der Waals surface area contributed by atoms with Crippen LogP contribution in [-0.2, 0) is 15.8 Å². The van der Waals surface area contributed by atoms with Crippen molar-refractivity contribution in [2.75, 3.05) is 44.2 Å². The minimum atomic E-state index is -3.57. The molecule has 2 aromatic carbocycles. The molecule has 2 aromatic rings. The number of para-hydroxylation sites is 1. The molecule has 152 valence electrons. The number of rotatable bonds is 8. The smallest absolute Gasteiger partial charge is 0.215 e. The quantitative estimate of drug-likeness (QED) is 0.681. The molecule has 0 bridgehead atoms. The fourth-order valence-electron chi connectivity index (χ4n) is 3.32. The van der Waals surface area contributed by atoms with Gasteiger partial charge in [0.1, 0.15) is 11.6 Å². The van der Waals surface area contributed by atoms with E-state index in [9.17, 15) is 17.2 Å². The Morgan fingerprint density at radius 1 is 0.893 bits per heavy atom. The molecule has 1 saturated heterocycles. The number of nitrogens with zero attached hydrogens (tertiary/aromatic N) is 2. The van der Waals surface area contributed by atoms with Gasteiger partial charge in [-0.2, -0.15) is 0 Å². The van der Waals surface area contributed by atoms with Crippen molar-refractivity contribution in [3.63, 3.8) is 0 Å². The lowest BCUT2D eigenvalue weighted by Crippen LogP contribution is -2.47. The van der Waals surface area contributed by atoms with Gasteiger partial charge in [-0.3, -0.25) is 4.90 Å². The molecule has 0 aliphatic carbocycles. The Morgan fingerprint density at radius 2 is 1.54 bits per heavy atom. The van der Waals surface area contributed by atoms with E-state index in [-0.39, 0.29) is 17.1 Å². The molecule has 0 aromatic heterocycles. The van der Waals surface area contributed by atoms with Crippen molar-refractivity contribution < 1.29 is 17.2 Å². The molecular weight excluding hydrogens is 384 g/mol. The number of hydrogen-bond donors (Lipinski definition) is 1. The Labute approximate surface area is 165 Å². The molecule has 3 rings (SSSR count). The normalized spacial score (nSPS) is 15.7. The van der Waals surface area contributed by atoms with Gasteiger partial charge in [0, 0.05) is 38.3 Å². The molecule has 0 atom stereocenters. The maximum absolute atomic E-state index is 13.9. The maximum Gasteiger partial charge on any atom is 0.215 e. The topological polar surface area (TPSA) is 52.7 Å². The molecule has 1 N–H and O–H groups in total. The average Bonchev–Trinajstić information content (AvgIpc) is 2.68. The minimum absolute atomic E-state index is 0.166. The van der Waals surface area contributed by atoms with Crippen LogP contribution in [0.5, 0.6) is 0 Å². The number of sulfonamides is 1. The second kappa shape index (κ2) is 9.45. The molecule has 8 heteroatoms. The first kappa shape index (κ1) is 20.7. The number of nitrogens with one attached hydrogen (secondary N) is 1. The van der Waals surface area contributed by atoms with Crippen LogP contribution in [0.15, 0.2) is 48.5 Å². The zero-order valence-electron chi connectivity index (χ0n) is 15.7. The van der Waals surface area contributed by atoms with Crippen molar-refractivity contribution in [1.82, 2.24) is 9.62 Å². The Kier molecular flexibility index (Phi) is 6.98. The largest absolute Gasteiger partial charge is 0.367 e. The van der Waals surface area contributed by atoms with Gasteiger partial charge in [-0.05, 0) is 31.2 Å². The lowest BCUT2D eigenvalue weighted by atomic mass is 10.2. The summed E-state index contributed by atoms with van der Waals surface area (Å²) in [7, 11) is -3.57. The van der Waals surface area contributed by atoms with Gasteiger partial charge in [-0.1, -0.05) is 30.3 Å². The van der Waals surface area contributed by atoms with Crippen molar-refractivity contribution in [2.45, 2.75) is 12.2 Å². The Morgan fingerprint density at radius 3 is 2.21 bits per heavy atom. The van der Waals surface area contributed by atoms with Crippen molar-refractivity contribution in [2.24, 2.45) is 0 Å². The van der Waals surface area contributed by atoms with Crippen LogP contribution >= 0.6 is 0 Å². The highest BCUT2D eigenvalue weighted by Gasteiger charge is 2.19. The van der Waals surface area contributed by atoms with Crippen LogP contribution < -0.4 is 9.62 Å². The van der Waals surface area contributed by atoms with Gasteiger partial charge in [0.15, 0.2) is 0 Å². The van der Waals surface area contributed by atoms with Crippen LogP contribution in [0.3, 0.4) is 0 Å². The number of benzene rings is 2. The second-order valence-corrected chi connectivity index (χ2v) is 8.69. The molecule has 5 nitrogen and oxygen atoms in total. The predicted octanol–water partition coefficient (Wildman–Crippen LogP) is 2.60. The van der Waals surface area contributed by atoms with E-state index in [1.54, 1.807) is 18.2 Å². The fourth-order valence-corrected chi connectivity index (χ4v) is 4.52. The molecule has 1 fully saturated rings. The number of halogens is 2. The summed E-state index contributed by atoms with van der Waals surface area (Å²) in [4.78, 5) is 4.27. The van der Waals surface area contributed by atoms with E-state index in [1.807, 2.05) is 11.0 Å². The van der Waals surface area contributed by atoms with Crippen molar-refractivity contribution in [3.8, 4) is 0 Å². The number of anilines is 1. The Balaban J connectivity index is 1.38. The van der Waals surface area contributed by atoms with Gasteiger partial charge >= 0.3 is 0 Å². The summed E-state index contributed by atoms with van der Waals surface area (Å²) in [6, 6.07) is 12.7. The summed E-state index contributed by atoms with van der Waals surface area (Å²) in [5, 5.41) is 0. The highest BCUT2D eigenvalue weighted by molar-refractivity contribution is 7.88. The summed E-state index contributed by atoms with van der Waals surface area (Å²) in [6.07, 6.45) is 0.663. The van der Waals surface area contributed by atoms with Crippen LogP contribution in [-0.4, -0.2) is 52.6 Å². The SMILES string of the molecule is O=S(=O)(Cc1ccccc1F)NCCCN1CCN(c2ccccc2F)CC1. The van der Waals surface area contributed by atoms with E-state index in [4.69, 9.17) is 0 Å². The van der Waals surface area contributed by atoms with Crippen LogP contribution in [0.25, 0.3) is 0 Å². The van der Waals surface area contributed by atoms with E-state index in [1.165, 1.54) is 24.3 Å². The van der Waals surface area contributed by atoms with Crippen LogP contribution in [0.4, 0.5) is 14.5 Å². The van der Waals surface area contributed by atoms with Gasteiger partial charge in [-0.25, -0.2) is 21.9 Å². The monoisotopic (exact) mass is 409 g/mol. The molecule has 1 aliphatic rings. The van der Waals surface area contributed by atoms with E-state index < -0.39 is 15.8 Å². The minimum Gasteiger partial charge on any atom is -0.367 e. The van der Waals surface area contributed by atoms with Gasteiger partial charge in [0.05, 0.1) is 11.4 Å². The Hall–Kier alpha value is -2.03. The molecule has 0 unspecified atom stereocenters. The summed E-state index contributed by atoms with van der Waals surface area (Å²) in [5.41, 5.74) is 0.794. The zero-order valence-corrected chi connectivity index (χ0v) is 16.5. The van der Waals surface area contributed by atoms with Gasteiger partial charge in [0.2, 0.25) is 10.0 Å². The molecule has 0 amide bonds. The highest BCUT2D eigenvalue weighted by Crippen LogP contribution is 2.20. The molecule has 0 radical (unpaired) electrons. The summed E-state index contributed by atoms with van der Waals surface area (Å²) < 4.78 is 54.2. The fraction of sp³-hybridized carbons (Fsp3) is 0.400. The first-order valence-electron chi connectivity index (χ1n) is 9.37. The first-order chi connectivity index (χ1) is 13.4. The number of hydrogen-bond acceptors (Lipinski definition) is 4. The third-order valence-electron chi connectivity index (χ3n) is 4.84. The molecule has 1 heterocycles. The first-order valence-corrected chi connectivity index (χ1v) is 11.0. The van der Waals surface area contributed by atoms with E-state index in [0.717, 1.165) is 32.7 Å². The average molecular weight is 410 g/mol. The van der Waals surface area contributed by atoms with Crippen LogP contribution in [0.1, 0.15) is 12.0 Å². The molecule has 1 aliphatic heterocycles. The van der Waals surface area contributed by atoms with Crippen molar-refractivity contribution >= 4 is 15.7 Å². The number of piperazine rings is 1. The molecule has 0 saturated carbocycles. The summed E-state index contributed by atoms with van der Waals surface area (Å²) in [6.45, 7) is 4.14. The Bertz CT molecular complexity index is 885. The van der Waals surface area contributed by atoms with Gasteiger partial charge in [-0.15, -0.1) is 0 Å². The van der Waals surface area contributed by atoms with Crippen LogP contribution in [0.2, 0.25) is 0 Å². The standard InChI is InChI=1S/C20H25F2N3O2S/c21-18-7-2-1-6-17(18)16-28(26,27)23-10-5-11-24-12-14-25(15-13-24)20-9-4-3-8-19(20)22/h1-4,6-9,23H,5,10-16H2. The van der Waals surface area contributed by atoms with Crippen molar-refractivity contribution in [3.05, 3.63) is 65.7 Å². The summed E-state index contributed by atoms with van der Waals surface area (Å²) in [5.74, 6) is -1.08. The van der Waals surface area contributed by atoms with E-state index in [0.29, 0.717) is 18.7 Å². The summed E-state index contributed by atoms with van der Waals surface area (Å²) >= 11 is 0. The highest BCUT2D eigenvalue weighted by atomic mass is 32.2.